The van der Waals surface area contributed by atoms with Crippen molar-refractivity contribution in [3.8, 4) is 5.69 Å². The van der Waals surface area contributed by atoms with E-state index in [2.05, 4.69) is 26.3 Å². The van der Waals surface area contributed by atoms with Crippen LogP contribution in [-0.4, -0.2) is 27.8 Å². The smallest absolute Gasteiger partial charge is 0.254 e. The Labute approximate surface area is 139 Å². The summed E-state index contributed by atoms with van der Waals surface area (Å²) in [6.07, 6.45) is 3.28. The zero-order valence-electron chi connectivity index (χ0n) is 13.0. The van der Waals surface area contributed by atoms with Gasteiger partial charge in [-0.05, 0) is 31.0 Å². The van der Waals surface area contributed by atoms with Crippen molar-refractivity contribution in [2.24, 2.45) is 11.7 Å². The molecule has 0 radical (unpaired) electrons. The molecule has 0 aliphatic carbocycles. The first-order chi connectivity index (χ1) is 10.4. The van der Waals surface area contributed by atoms with Crippen molar-refractivity contribution < 1.29 is 4.79 Å². The van der Waals surface area contributed by atoms with E-state index in [4.69, 9.17) is 5.73 Å². The van der Waals surface area contributed by atoms with E-state index < -0.39 is 5.54 Å². The number of hydrogen-bond acceptors (Lipinski definition) is 3. The summed E-state index contributed by atoms with van der Waals surface area (Å²) in [4.78, 5) is 12.4. The predicted molar refractivity (Wildman–Crippen MR) is 91.0 cm³/mol. The molecule has 1 aromatic carbocycles. The van der Waals surface area contributed by atoms with E-state index in [0.717, 1.165) is 10.2 Å². The van der Waals surface area contributed by atoms with Gasteiger partial charge in [-0.1, -0.05) is 35.8 Å². The molecule has 0 saturated heterocycles. The van der Waals surface area contributed by atoms with Crippen LogP contribution in [0.2, 0.25) is 0 Å². The van der Waals surface area contributed by atoms with Gasteiger partial charge in [0.2, 0.25) is 0 Å². The minimum atomic E-state index is -0.436. The molecule has 0 aliphatic rings. The minimum Gasteiger partial charge on any atom is -0.345 e. The molecule has 0 fully saturated rings. The third-order valence-corrected chi connectivity index (χ3v) is 4.51. The molecule has 1 aromatic heterocycles. The molecule has 5 nitrogen and oxygen atoms in total. The van der Waals surface area contributed by atoms with Crippen LogP contribution in [0.3, 0.4) is 0 Å². The number of hydrogen-bond donors (Lipinski definition) is 2. The second-order valence-electron chi connectivity index (χ2n) is 5.88. The summed E-state index contributed by atoms with van der Waals surface area (Å²) in [6.45, 7) is 6.42. The molecule has 0 aliphatic heterocycles. The van der Waals surface area contributed by atoms with Gasteiger partial charge < -0.3 is 11.1 Å². The third-order valence-electron chi connectivity index (χ3n) is 4.01. The molecule has 1 amide bonds. The van der Waals surface area contributed by atoms with Crippen LogP contribution in [-0.2, 0) is 0 Å². The number of halogens is 1. The van der Waals surface area contributed by atoms with E-state index in [1.807, 2.05) is 45.0 Å². The van der Waals surface area contributed by atoms with Crippen LogP contribution in [0, 0.1) is 5.92 Å². The molecule has 0 spiro atoms. The van der Waals surface area contributed by atoms with Crippen molar-refractivity contribution in [3.63, 3.8) is 0 Å². The number of benzene rings is 1. The Morgan fingerprint density at radius 1 is 1.50 bits per heavy atom. The number of rotatable bonds is 5. The van der Waals surface area contributed by atoms with E-state index in [9.17, 15) is 4.79 Å². The molecule has 2 aromatic rings. The standard InChI is InChI=1S/C16H21BrN4O/c1-11(2)16(3,10-18)20-15(22)12-8-19-21(9-12)14-6-4-5-13(17)7-14/h4-9,11H,10,18H2,1-3H3,(H,20,22). The lowest BCUT2D eigenvalue weighted by atomic mass is 9.88. The molecular formula is C16H21BrN4O. The highest BCUT2D eigenvalue weighted by Crippen LogP contribution is 2.17. The highest BCUT2D eigenvalue weighted by Gasteiger charge is 2.29. The van der Waals surface area contributed by atoms with Crippen LogP contribution in [0.15, 0.2) is 41.1 Å². The highest BCUT2D eigenvalue weighted by atomic mass is 79.9. The first-order valence-corrected chi connectivity index (χ1v) is 7.98. The van der Waals surface area contributed by atoms with Gasteiger partial charge >= 0.3 is 0 Å². The maximum atomic E-state index is 12.4. The molecule has 0 bridgehead atoms. The fourth-order valence-corrected chi connectivity index (χ4v) is 2.35. The van der Waals surface area contributed by atoms with Gasteiger partial charge in [0, 0.05) is 17.2 Å². The normalized spacial score (nSPS) is 13.9. The van der Waals surface area contributed by atoms with Crippen molar-refractivity contribution in [3.05, 3.63) is 46.7 Å². The Morgan fingerprint density at radius 2 is 2.23 bits per heavy atom. The molecule has 0 saturated carbocycles. The topological polar surface area (TPSA) is 72.9 Å². The number of nitrogens with one attached hydrogen (secondary N) is 1. The van der Waals surface area contributed by atoms with Gasteiger partial charge in [-0.25, -0.2) is 4.68 Å². The molecule has 6 heteroatoms. The lowest BCUT2D eigenvalue weighted by molar-refractivity contribution is 0.0883. The van der Waals surface area contributed by atoms with Crippen molar-refractivity contribution in [2.75, 3.05) is 6.54 Å². The maximum absolute atomic E-state index is 12.4. The van der Waals surface area contributed by atoms with Crippen molar-refractivity contribution >= 4 is 21.8 Å². The Morgan fingerprint density at radius 3 is 2.82 bits per heavy atom. The molecule has 22 heavy (non-hydrogen) atoms. The lowest BCUT2D eigenvalue weighted by Crippen LogP contribution is -2.54. The largest absolute Gasteiger partial charge is 0.345 e. The average Bonchev–Trinajstić information content (AvgIpc) is 2.97. The van der Waals surface area contributed by atoms with E-state index in [1.165, 1.54) is 0 Å². The van der Waals surface area contributed by atoms with Gasteiger partial charge in [0.25, 0.3) is 5.91 Å². The van der Waals surface area contributed by atoms with Crippen LogP contribution in [0.4, 0.5) is 0 Å². The van der Waals surface area contributed by atoms with Crippen LogP contribution in [0.5, 0.6) is 0 Å². The summed E-state index contributed by atoms with van der Waals surface area (Å²) in [6, 6.07) is 7.73. The lowest BCUT2D eigenvalue weighted by Gasteiger charge is -2.33. The molecule has 1 unspecified atom stereocenters. The number of amides is 1. The van der Waals surface area contributed by atoms with Gasteiger partial charge in [0.15, 0.2) is 0 Å². The highest BCUT2D eigenvalue weighted by molar-refractivity contribution is 9.10. The van der Waals surface area contributed by atoms with Gasteiger partial charge in [0.1, 0.15) is 0 Å². The predicted octanol–water partition coefficient (Wildman–Crippen LogP) is 2.74. The first-order valence-electron chi connectivity index (χ1n) is 7.19. The van der Waals surface area contributed by atoms with Crippen LogP contribution in [0.25, 0.3) is 5.69 Å². The summed E-state index contributed by atoms with van der Waals surface area (Å²) in [7, 11) is 0. The zero-order valence-corrected chi connectivity index (χ0v) is 14.6. The van der Waals surface area contributed by atoms with Crippen molar-refractivity contribution in [1.29, 1.82) is 0 Å². The number of carbonyl (C=O) groups excluding carboxylic acids is 1. The van der Waals surface area contributed by atoms with Crippen LogP contribution < -0.4 is 11.1 Å². The molecule has 2 rings (SSSR count). The summed E-state index contributed by atoms with van der Waals surface area (Å²) < 4.78 is 2.64. The number of nitrogens with two attached hydrogens (primary N) is 1. The van der Waals surface area contributed by atoms with Gasteiger partial charge in [0.05, 0.1) is 23.0 Å². The van der Waals surface area contributed by atoms with Crippen molar-refractivity contribution in [2.45, 2.75) is 26.3 Å². The summed E-state index contributed by atoms with van der Waals surface area (Å²) in [5.41, 5.74) is 6.77. The Balaban J connectivity index is 2.19. The SMILES string of the molecule is CC(C)C(C)(CN)NC(=O)c1cnn(-c2cccc(Br)c2)c1. The number of aromatic nitrogens is 2. The molecule has 1 heterocycles. The van der Waals surface area contributed by atoms with E-state index in [1.54, 1.807) is 17.1 Å². The van der Waals surface area contributed by atoms with E-state index >= 15 is 0 Å². The molecular weight excluding hydrogens is 344 g/mol. The first kappa shape index (κ1) is 16.7. The van der Waals surface area contributed by atoms with Crippen LogP contribution in [0.1, 0.15) is 31.1 Å². The Kier molecular flexibility index (Phi) is 5.03. The molecule has 3 N–H and O–H groups in total. The summed E-state index contributed by atoms with van der Waals surface area (Å²) in [5.74, 6) is 0.0736. The molecule has 118 valence electrons. The van der Waals surface area contributed by atoms with Gasteiger partial charge in [-0.3, -0.25) is 4.79 Å². The second kappa shape index (κ2) is 6.62. The number of nitrogens with zero attached hydrogens (tertiary/aromatic N) is 2. The minimum absolute atomic E-state index is 0.164. The maximum Gasteiger partial charge on any atom is 0.254 e. The van der Waals surface area contributed by atoms with E-state index in [0.29, 0.717) is 12.1 Å². The Bertz CT molecular complexity index is 668. The van der Waals surface area contributed by atoms with Gasteiger partial charge in [-0.2, -0.15) is 5.10 Å². The number of carbonyl (C=O) groups is 1. The average molecular weight is 365 g/mol. The van der Waals surface area contributed by atoms with Crippen molar-refractivity contribution in [1.82, 2.24) is 15.1 Å². The molecule has 1 atom stereocenters. The quantitative estimate of drug-likeness (QED) is 0.856. The van der Waals surface area contributed by atoms with Gasteiger partial charge in [-0.15, -0.1) is 0 Å². The Hall–Kier alpha value is -1.66. The fourth-order valence-electron chi connectivity index (χ4n) is 1.96. The second-order valence-corrected chi connectivity index (χ2v) is 6.80. The summed E-state index contributed by atoms with van der Waals surface area (Å²) in [5, 5.41) is 7.26. The monoisotopic (exact) mass is 364 g/mol. The third kappa shape index (κ3) is 3.56. The zero-order chi connectivity index (χ0) is 16.3. The summed E-state index contributed by atoms with van der Waals surface area (Å²) >= 11 is 3.43. The fraction of sp³-hybridized carbons (Fsp3) is 0.375. The van der Waals surface area contributed by atoms with E-state index in [-0.39, 0.29) is 11.8 Å². The van der Waals surface area contributed by atoms with Crippen LogP contribution >= 0.6 is 15.9 Å².